The molecule has 0 bridgehead atoms. The molecule has 100 valence electrons. The molecule has 1 aromatic heterocycles. The van der Waals surface area contributed by atoms with Crippen LogP contribution in [0, 0.1) is 3.70 Å². The number of carbonyl (C=O) groups excluding carboxylic acids is 1. The maximum atomic E-state index is 12.7. The lowest BCUT2D eigenvalue weighted by atomic mass is 10.1. The molecule has 0 aromatic carbocycles. The number of aromatic nitrogens is 1. The summed E-state index contributed by atoms with van der Waals surface area (Å²) < 4.78 is 30.4. The van der Waals surface area contributed by atoms with Crippen molar-refractivity contribution in [2.45, 2.75) is 25.1 Å². The smallest absolute Gasteiger partial charge is 0.311 e. The van der Waals surface area contributed by atoms with E-state index >= 15 is 0 Å². The molecule has 0 aliphatic carbocycles. The van der Waals surface area contributed by atoms with Crippen molar-refractivity contribution in [2.75, 3.05) is 6.61 Å². The van der Waals surface area contributed by atoms with Crippen molar-refractivity contribution in [2.24, 2.45) is 0 Å². The predicted octanol–water partition coefficient (Wildman–Crippen LogP) is 3.62. The van der Waals surface area contributed by atoms with Gasteiger partial charge < -0.3 is 4.74 Å². The average Bonchev–Trinajstić information content (AvgIpc) is 2.29. The van der Waals surface area contributed by atoms with E-state index in [1.807, 2.05) is 0 Å². The number of halogens is 4. The first-order valence-corrected chi connectivity index (χ1v) is 7.37. The first-order valence-electron chi connectivity index (χ1n) is 5.17. The quantitative estimate of drug-likeness (QED) is 0.308. The number of rotatable bonds is 5. The molecule has 0 atom stereocenters. The lowest BCUT2D eigenvalue weighted by Gasteiger charge is -2.10. The van der Waals surface area contributed by atoms with Gasteiger partial charge in [0.05, 0.1) is 18.7 Å². The van der Waals surface area contributed by atoms with Crippen LogP contribution in [0.15, 0.2) is 6.07 Å². The minimum absolute atomic E-state index is 0.00566. The van der Waals surface area contributed by atoms with Gasteiger partial charge in [-0.05, 0) is 41.1 Å². The highest BCUT2D eigenvalue weighted by atomic mass is 127. The monoisotopic (exact) mass is 433 g/mol. The Bertz CT molecular complexity index is 443. The second kappa shape index (κ2) is 7.32. The number of pyridine rings is 1. The van der Waals surface area contributed by atoms with Crippen molar-refractivity contribution in [1.82, 2.24) is 4.98 Å². The van der Waals surface area contributed by atoms with Crippen LogP contribution in [-0.4, -0.2) is 17.6 Å². The third kappa shape index (κ3) is 4.11. The van der Waals surface area contributed by atoms with Gasteiger partial charge in [-0.15, -0.1) is 0 Å². The van der Waals surface area contributed by atoms with Gasteiger partial charge in [-0.2, -0.15) is 0 Å². The Morgan fingerprint density at radius 2 is 2.28 bits per heavy atom. The normalized spacial score (nSPS) is 10.8. The predicted molar refractivity (Wildman–Crippen MR) is 74.9 cm³/mol. The van der Waals surface area contributed by atoms with E-state index in [1.165, 1.54) is 6.07 Å². The van der Waals surface area contributed by atoms with Gasteiger partial charge in [-0.1, -0.05) is 15.9 Å². The summed E-state index contributed by atoms with van der Waals surface area (Å²) >= 11 is 4.95. The van der Waals surface area contributed by atoms with Gasteiger partial charge in [0.15, 0.2) is 0 Å². The van der Waals surface area contributed by atoms with E-state index in [4.69, 9.17) is 4.74 Å². The summed E-state index contributed by atoms with van der Waals surface area (Å²) in [6, 6.07) is 1.38. The number of esters is 1. The molecule has 7 heteroatoms. The third-order valence-electron chi connectivity index (χ3n) is 2.17. The maximum absolute atomic E-state index is 12.7. The second-order valence-corrected chi connectivity index (χ2v) is 4.97. The Balaban J connectivity index is 3.05. The molecule has 18 heavy (non-hydrogen) atoms. The molecule has 1 heterocycles. The van der Waals surface area contributed by atoms with Gasteiger partial charge in [0, 0.05) is 10.9 Å². The van der Waals surface area contributed by atoms with E-state index in [1.54, 1.807) is 29.5 Å². The highest BCUT2D eigenvalue weighted by molar-refractivity contribution is 14.1. The molecule has 0 unspecified atom stereocenters. The van der Waals surface area contributed by atoms with E-state index in [9.17, 15) is 13.6 Å². The van der Waals surface area contributed by atoms with Crippen LogP contribution in [0.4, 0.5) is 8.78 Å². The van der Waals surface area contributed by atoms with Crippen molar-refractivity contribution in [3.05, 3.63) is 26.6 Å². The largest absolute Gasteiger partial charge is 0.466 e. The summed E-state index contributed by atoms with van der Waals surface area (Å²) in [7, 11) is 0. The molecule has 0 amide bonds. The fourth-order valence-electron chi connectivity index (χ4n) is 1.36. The Hall–Kier alpha value is -0.310. The average molecular weight is 434 g/mol. The van der Waals surface area contributed by atoms with Gasteiger partial charge in [0.25, 0.3) is 6.43 Å². The molecule has 0 radical (unpaired) electrons. The zero-order valence-electron chi connectivity index (χ0n) is 9.55. The minimum atomic E-state index is -2.57. The van der Waals surface area contributed by atoms with Gasteiger partial charge in [-0.3, -0.25) is 4.79 Å². The van der Waals surface area contributed by atoms with Crippen molar-refractivity contribution >= 4 is 44.5 Å². The molecule has 0 fully saturated rings. The summed E-state index contributed by atoms with van der Waals surface area (Å²) in [4.78, 5) is 15.4. The van der Waals surface area contributed by atoms with E-state index < -0.39 is 12.4 Å². The highest BCUT2D eigenvalue weighted by Crippen LogP contribution is 2.26. The molecule has 0 aliphatic rings. The van der Waals surface area contributed by atoms with Gasteiger partial charge >= 0.3 is 5.97 Å². The maximum Gasteiger partial charge on any atom is 0.311 e. The molecule has 0 saturated heterocycles. The summed E-state index contributed by atoms with van der Waals surface area (Å²) in [6.45, 7) is 2.00. The highest BCUT2D eigenvalue weighted by Gasteiger charge is 2.18. The van der Waals surface area contributed by atoms with Crippen LogP contribution in [-0.2, 0) is 21.3 Å². The van der Waals surface area contributed by atoms with E-state index in [2.05, 4.69) is 20.9 Å². The lowest BCUT2D eigenvalue weighted by molar-refractivity contribution is -0.142. The van der Waals surface area contributed by atoms with Crippen molar-refractivity contribution in [3.63, 3.8) is 0 Å². The summed E-state index contributed by atoms with van der Waals surface area (Å²) in [5.41, 5.74) is 0.940. The van der Waals surface area contributed by atoms with Gasteiger partial charge in [0.1, 0.15) is 3.70 Å². The first-order chi connectivity index (χ1) is 8.49. The zero-order valence-corrected chi connectivity index (χ0v) is 13.3. The van der Waals surface area contributed by atoms with Crippen LogP contribution in [0.3, 0.4) is 0 Å². The van der Waals surface area contributed by atoms with Gasteiger partial charge in [-0.25, -0.2) is 13.8 Å². The van der Waals surface area contributed by atoms with Crippen molar-refractivity contribution < 1.29 is 18.3 Å². The molecular weight excluding hydrogens is 423 g/mol. The fourth-order valence-corrected chi connectivity index (χ4v) is 2.52. The fraction of sp³-hybridized carbons (Fsp3) is 0.455. The van der Waals surface area contributed by atoms with E-state index in [-0.39, 0.29) is 22.3 Å². The molecule has 1 rings (SSSR count). The summed E-state index contributed by atoms with van der Waals surface area (Å²) in [6.07, 6.45) is -2.58. The number of hydrogen-bond acceptors (Lipinski definition) is 3. The molecule has 0 aliphatic heterocycles. The SMILES string of the molecule is CCOC(=O)Cc1nc(I)c(C(F)F)cc1CBr. The van der Waals surface area contributed by atoms with Crippen molar-refractivity contribution in [3.8, 4) is 0 Å². The third-order valence-corrected chi connectivity index (χ3v) is 3.64. The van der Waals surface area contributed by atoms with Crippen LogP contribution in [0.5, 0.6) is 0 Å². The number of nitrogens with zero attached hydrogens (tertiary/aromatic N) is 1. The molecule has 0 saturated carbocycles. The Kier molecular flexibility index (Phi) is 6.40. The molecule has 0 spiro atoms. The molecular formula is C11H11BrF2INO2. The van der Waals surface area contributed by atoms with E-state index in [0.717, 1.165) is 0 Å². The molecule has 1 aromatic rings. The van der Waals surface area contributed by atoms with Crippen molar-refractivity contribution in [1.29, 1.82) is 0 Å². The van der Waals surface area contributed by atoms with Crippen LogP contribution in [0.2, 0.25) is 0 Å². The lowest BCUT2D eigenvalue weighted by Crippen LogP contribution is -2.12. The van der Waals surface area contributed by atoms with E-state index in [0.29, 0.717) is 16.6 Å². The minimum Gasteiger partial charge on any atom is -0.466 e. The number of hydrogen-bond donors (Lipinski definition) is 0. The van der Waals surface area contributed by atoms with Crippen LogP contribution >= 0.6 is 38.5 Å². The molecule has 3 nitrogen and oxygen atoms in total. The Labute approximate surface area is 126 Å². The first kappa shape index (κ1) is 15.7. The zero-order chi connectivity index (χ0) is 13.7. The Morgan fingerprint density at radius 1 is 1.61 bits per heavy atom. The topological polar surface area (TPSA) is 39.2 Å². The summed E-state index contributed by atoms with van der Waals surface area (Å²) in [5.74, 6) is -0.409. The number of alkyl halides is 3. The van der Waals surface area contributed by atoms with Crippen LogP contribution < -0.4 is 0 Å². The second-order valence-electron chi connectivity index (χ2n) is 3.39. The number of ether oxygens (including phenoxy) is 1. The van der Waals surface area contributed by atoms with Gasteiger partial charge in [0.2, 0.25) is 0 Å². The number of carbonyl (C=O) groups is 1. The summed E-state index contributed by atoms with van der Waals surface area (Å²) in [5, 5.41) is 0.366. The molecule has 0 N–H and O–H groups in total. The standard InChI is InChI=1S/C11H11BrF2INO2/c1-2-18-9(17)4-8-6(5-12)3-7(10(13)14)11(15)16-8/h3,10H,2,4-5H2,1H3. The van der Waals surface area contributed by atoms with Crippen LogP contribution in [0.1, 0.15) is 30.2 Å². The van der Waals surface area contributed by atoms with Crippen LogP contribution in [0.25, 0.3) is 0 Å². The Morgan fingerprint density at radius 3 is 2.78 bits per heavy atom.